The first-order chi connectivity index (χ1) is 7.58. The van der Waals surface area contributed by atoms with Crippen molar-refractivity contribution in [1.29, 1.82) is 0 Å². The van der Waals surface area contributed by atoms with Crippen LogP contribution in [0.2, 0.25) is 0 Å². The van der Waals surface area contributed by atoms with Crippen molar-refractivity contribution in [3.8, 4) is 0 Å². The molecule has 1 aromatic heterocycles. The Hall–Kier alpha value is -0.920. The van der Waals surface area contributed by atoms with E-state index in [0.29, 0.717) is 11.8 Å². The molecule has 0 amide bonds. The number of anilines is 2. The Morgan fingerprint density at radius 3 is 2.81 bits per heavy atom. The maximum Gasteiger partial charge on any atom is 0.239 e. The van der Waals surface area contributed by atoms with Crippen LogP contribution in [0.15, 0.2) is 10.7 Å². The molecule has 90 valence electrons. The zero-order valence-corrected chi connectivity index (χ0v) is 10.8. The summed E-state index contributed by atoms with van der Waals surface area (Å²) in [4.78, 5) is 8.11. The molecule has 0 aliphatic carbocycles. The Morgan fingerprint density at radius 1 is 1.56 bits per heavy atom. The fourth-order valence-corrected chi connectivity index (χ4v) is 1.36. The summed E-state index contributed by atoms with van der Waals surface area (Å²) in [6.07, 6.45) is 1.61. The van der Waals surface area contributed by atoms with Gasteiger partial charge in [0, 0.05) is 18.8 Å². The Morgan fingerprint density at radius 2 is 2.25 bits per heavy atom. The van der Waals surface area contributed by atoms with Gasteiger partial charge in [-0.05, 0) is 28.8 Å². The van der Waals surface area contributed by atoms with Gasteiger partial charge >= 0.3 is 0 Å². The van der Waals surface area contributed by atoms with Crippen LogP contribution in [0.3, 0.4) is 0 Å². The van der Waals surface area contributed by atoms with Gasteiger partial charge in [-0.1, -0.05) is 6.92 Å². The summed E-state index contributed by atoms with van der Waals surface area (Å²) in [6, 6.07) is 0.0989. The SMILES string of the molecule is CC(CO)C(C)Nc1nc(NN)ncc1Br. The number of nitrogen functional groups attached to an aromatic ring is 1. The lowest BCUT2D eigenvalue weighted by Gasteiger charge is -2.20. The van der Waals surface area contributed by atoms with E-state index in [4.69, 9.17) is 10.9 Å². The highest BCUT2D eigenvalue weighted by Crippen LogP contribution is 2.21. The molecule has 0 saturated heterocycles. The average molecular weight is 290 g/mol. The van der Waals surface area contributed by atoms with E-state index in [2.05, 4.69) is 36.6 Å². The minimum atomic E-state index is 0.0989. The number of halogens is 1. The second-order valence-corrected chi connectivity index (χ2v) is 4.48. The predicted octanol–water partition coefficient (Wildman–Crippen LogP) is 0.954. The van der Waals surface area contributed by atoms with Gasteiger partial charge in [0.2, 0.25) is 5.95 Å². The second kappa shape index (κ2) is 5.97. The van der Waals surface area contributed by atoms with Gasteiger partial charge in [0.25, 0.3) is 0 Å². The van der Waals surface area contributed by atoms with E-state index >= 15 is 0 Å². The van der Waals surface area contributed by atoms with Crippen LogP contribution in [0.1, 0.15) is 13.8 Å². The molecule has 0 radical (unpaired) electrons. The first kappa shape index (κ1) is 13.1. The van der Waals surface area contributed by atoms with Gasteiger partial charge in [0.05, 0.1) is 4.47 Å². The molecule has 0 fully saturated rings. The molecule has 5 N–H and O–H groups in total. The fraction of sp³-hybridized carbons (Fsp3) is 0.556. The number of nitrogens with zero attached hydrogens (tertiary/aromatic N) is 2. The molecule has 16 heavy (non-hydrogen) atoms. The molecule has 0 aliphatic heterocycles. The largest absolute Gasteiger partial charge is 0.396 e. The molecule has 0 aliphatic rings. The van der Waals surface area contributed by atoms with Gasteiger partial charge in [0.15, 0.2) is 0 Å². The highest BCUT2D eigenvalue weighted by Gasteiger charge is 2.13. The van der Waals surface area contributed by atoms with E-state index in [9.17, 15) is 0 Å². The quantitative estimate of drug-likeness (QED) is 0.476. The van der Waals surface area contributed by atoms with Gasteiger partial charge in [-0.15, -0.1) is 0 Å². The molecule has 0 aromatic carbocycles. The molecule has 0 spiro atoms. The van der Waals surface area contributed by atoms with Crippen LogP contribution in [0.5, 0.6) is 0 Å². The molecular formula is C9H16BrN5O. The first-order valence-electron chi connectivity index (χ1n) is 4.95. The molecule has 2 atom stereocenters. The number of nitrogens with two attached hydrogens (primary N) is 1. The summed E-state index contributed by atoms with van der Waals surface area (Å²) < 4.78 is 0.753. The first-order valence-corrected chi connectivity index (χ1v) is 5.74. The van der Waals surface area contributed by atoms with Crippen molar-refractivity contribution < 1.29 is 5.11 Å². The summed E-state index contributed by atoms with van der Waals surface area (Å²) in [7, 11) is 0. The predicted molar refractivity (Wildman–Crippen MR) is 66.9 cm³/mol. The third-order valence-corrected chi connectivity index (χ3v) is 2.96. The molecule has 2 unspecified atom stereocenters. The minimum absolute atomic E-state index is 0.0989. The smallest absolute Gasteiger partial charge is 0.239 e. The zero-order chi connectivity index (χ0) is 12.1. The van der Waals surface area contributed by atoms with Crippen molar-refractivity contribution in [3.05, 3.63) is 10.7 Å². The van der Waals surface area contributed by atoms with Crippen LogP contribution >= 0.6 is 15.9 Å². The number of aromatic nitrogens is 2. The summed E-state index contributed by atoms with van der Waals surface area (Å²) >= 11 is 3.34. The number of nitrogens with one attached hydrogen (secondary N) is 2. The monoisotopic (exact) mass is 289 g/mol. The van der Waals surface area contributed by atoms with Crippen LogP contribution in [0.25, 0.3) is 0 Å². The van der Waals surface area contributed by atoms with E-state index in [0.717, 1.165) is 4.47 Å². The Balaban J connectivity index is 2.79. The van der Waals surface area contributed by atoms with Crippen molar-refractivity contribution in [1.82, 2.24) is 9.97 Å². The van der Waals surface area contributed by atoms with E-state index in [1.54, 1.807) is 6.20 Å². The zero-order valence-electron chi connectivity index (χ0n) is 9.24. The van der Waals surface area contributed by atoms with E-state index in [1.165, 1.54) is 0 Å². The maximum atomic E-state index is 9.04. The number of rotatable bonds is 5. The fourth-order valence-electron chi connectivity index (χ4n) is 1.05. The molecule has 1 heterocycles. The van der Waals surface area contributed by atoms with Gasteiger partial charge in [-0.3, -0.25) is 5.43 Å². The summed E-state index contributed by atoms with van der Waals surface area (Å²) in [5, 5.41) is 12.2. The maximum absolute atomic E-state index is 9.04. The minimum Gasteiger partial charge on any atom is -0.396 e. The van der Waals surface area contributed by atoms with Gasteiger partial charge < -0.3 is 10.4 Å². The lowest BCUT2D eigenvalue weighted by molar-refractivity contribution is 0.226. The van der Waals surface area contributed by atoms with Crippen LogP contribution in [0, 0.1) is 5.92 Å². The number of hydrazine groups is 1. The number of hydrogen-bond acceptors (Lipinski definition) is 6. The molecule has 1 rings (SSSR count). The van der Waals surface area contributed by atoms with Crippen molar-refractivity contribution in [3.63, 3.8) is 0 Å². The van der Waals surface area contributed by atoms with Gasteiger partial charge in [-0.2, -0.15) is 4.98 Å². The molecule has 0 bridgehead atoms. The standard InChI is InChI=1S/C9H16BrN5O/c1-5(4-16)6(2)13-8-7(10)3-12-9(14-8)15-11/h3,5-6,16H,4,11H2,1-2H3,(H2,12,13,14,15). The highest BCUT2D eigenvalue weighted by atomic mass is 79.9. The lowest BCUT2D eigenvalue weighted by atomic mass is 10.1. The van der Waals surface area contributed by atoms with Crippen LogP contribution in [0.4, 0.5) is 11.8 Å². The second-order valence-electron chi connectivity index (χ2n) is 3.63. The molecule has 7 heteroatoms. The Kier molecular flexibility index (Phi) is 4.91. The Labute approximate surface area is 103 Å². The van der Waals surface area contributed by atoms with Crippen LogP contribution in [-0.2, 0) is 0 Å². The lowest BCUT2D eigenvalue weighted by Crippen LogP contribution is -2.27. The van der Waals surface area contributed by atoms with Gasteiger partial charge in [0.1, 0.15) is 5.82 Å². The van der Waals surface area contributed by atoms with E-state index in [-0.39, 0.29) is 18.6 Å². The summed E-state index contributed by atoms with van der Waals surface area (Å²) in [5.74, 6) is 6.35. The van der Waals surface area contributed by atoms with Crippen molar-refractivity contribution in [2.45, 2.75) is 19.9 Å². The van der Waals surface area contributed by atoms with E-state index in [1.807, 2.05) is 13.8 Å². The van der Waals surface area contributed by atoms with Crippen LogP contribution < -0.4 is 16.6 Å². The molecule has 0 saturated carbocycles. The number of aliphatic hydroxyl groups excluding tert-OH is 1. The Bertz CT molecular complexity index is 349. The van der Waals surface area contributed by atoms with Crippen molar-refractivity contribution in [2.24, 2.45) is 11.8 Å². The van der Waals surface area contributed by atoms with E-state index < -0.39 is 0 Å². The summed E-state index contributed by atoms with van der Waals surface area (Å²) in [6.45, 7) is 4.05. The third-order valence-electron chi connectivity index (χ3n) is 2.38. The topological polar surface area (TPSA) is 96.1 Å². The number of aliphatic hydroxyl groups is 1. The van der Waals surface area contributed by atoms with Crippen LogP contribution in [-0.4, -0.2) is 27.7 Å². The molecule has 6 nitrogen and oxygen atoms in total. The molecule has 1 aromatic rings. The van der Waals surface area contributed by atoms with Gasteiger partial charge in [-0.25, -0.2) is 10.8 Å². The van der Waals surface area contributed by atoms with Crippen molar-refractivity contribution >= 4 is 27.7 Å². The highest BCUT2D eigenvalue weighted by molar-refractivity contribution is 9.10. The third kappa shape index (κ3) is 3.29. The molecular weight excluding hydrogens is 274 g/mol. The number of hydrogen-bond donors (Lipinski definition) is 4. The summed E-state index contributed by atoms with van der Waals surface area (Å²) in [5.41, 5.74) is 2.38. The van der Waals surface area contributed by atoms with Crippen molar-refractivity contribution in [2.75, 3.05) is 17.3 Å². The normalized spacial score (nSPS) is 14.3. The average Bonchev–Trinajstić information content (AvgIpc) is 2.30.